The zero-order valence-electron chi connectivity index (χ0n) is 14.9. The molecule has 0 aliphatic heterocycles. The van der Waals surface area contributed by atoms with Crippen LogP contribution in [-0.4, -0.2) is 30.3 Å². The van der Waals surface area contributed by atoms with Gasteiger partial charge in [-0.05, 0) is 30.3 Å². The summed E-state index contributed by atoms with van der Waals surface area (Å²) in [5, 5.41) is 6.67. The predicted octanol–water partition coefficient (Wildman–Crippen LogP) is 5.22. The normalized spacial score (nSPS) is 11.2. The van der Waals surface area contributed by atoms with Gasteiger partial charge in [0.25, 0.3) is 0 Å². The van der Waals surface area contributed by atoms with Crippen LogP contribution in [0.15, 0.2) is 58.1 Å². The number of aromatic nitrogens is 5. The lowest BCUT2D eigenvalue weighted by Crippen LogP contribution is -1.95. The van der Waals surface area contributed by atoms with Crippen molar-refractivity contribution in [1.29, 1.82) is 0 Å². The Morgan fingerprint density at radius 3 is 2.74 bits per heavy atom. The molecule has 0 radical (unpaired) electrons. The highest BCUT2D eigenvalue weighted by atomic mass is 32.2. The molecule has 6 nitrogen and oxygen atoms in total. The molecule has 0 saturated heterocycles. The van der Waals surface area contributed by atoms with Gasteiger partial charge in [-0.3, -0.25) is 0 Å². The Hall–Kier alpha value is -2.10. The lowest BCUT2D eigenvalue weighted by molar-refractivity contribution is 0.787. The number of aryl methyl sites for hydroxylation is 1. The smallest absolute Gasteiger partial charge is 0.190 e. The van der Waals surface area contributed by atoms with Crippen LogP contribution in [0.5, 0.6) is 0 Å². The van der Waals surface area contributed by atoms with Gasteiger partial charge in [-0.25, -0.2) is 19.9 Å². The Labute approximate surface area is 169 Å². The van der Waals surface area contributed by atoms with Gasteiger partial charge < -0.3 is 9.88 Å². The van der Waals surface area contributed by atoms with E-state index in [0.717, 1.165) is 48.7 Å². The van der Waals surface area contributed by atoms with Crippen molar-refractivity contribution in [2.75, 3.05) is 11.1 Å². The topological polar surface area (TPSA) is 68.5 Å². The molecule has 0 aliphatic rings. The number of nitrogens with zero attached hydrogens (tertiary/aromatic N) is 5. The summed E-state index contributed by atoms with van der Waals surface area (Å²) >= 11 is 4.74. The molecular formula is C18H18N6S3. The third-order valence-electron chi connectivity index (χ3n) is 3.63. The molecule has 0 unspecified atom stereocenters. The Morgan fingerprint density at radius 1 is 1.15 bits per heavy atom. The van der Waals surface area contributed by atoms with E-state index in [4.69, 9.17) is 15.0 Å². The number of hydrogen-bond acceptors (Lipinski definition) is 8. The van der Waals surface area contributed by atoms with Crippen molar-refractivity contribution < 1.29 is 0 Å². The first kappa shape index (κ1) is 18.3. The molecule has 138 valence electrons. The van der Waals surface area contributed by atoms with E-state index in [1.165, 1.54) is 11.8 Å². The van der Waals surface area contributed by atoms with Crippen LogP contribution < -0.4 is 5.32 Å². The van der Waals surface area contributed by atoms with Gasteiger partial charge in [-0.15, -0.1) is 0 Å². The van der Waals surface area contributed by atoms with Gasteiger partial charge in [0.1, 0.15) is 10.5 Å². The molecule has 0 saturated carbocycles. The number of para-hydroxylation sites is 1. The van der Waals surface area contributed by atoms with E-state index in [2.05, 4.69) is 17.2 Å². The molecular weight excluding hydrogens is 396 g/mol. The van der Waals surface area contributed by atoms with Gasteiger partial charge in [0, 0.05) is 30.9 Å². The quantitative estimate of drug-likeness (QED) is 0.253. The first-order valence-electron chi connectivity index (χ1n) is 8.51. The summed E-state index contributed by atoms with van der Waals surface area (Å²) < 4.78 is 1.98. The Morgan fingerprint density at radius 2 is 2.00 bits per heavy atom. The summed E-state index contributed by atoms with van der Waals surface area (Å²) in [6, 6.07) is 10.0. The number of thioether (sulfide) groups is 1. The minimum atomic E-state index is 0.788. The van der Waals surface area contributed by atoms with E-state index in [1.807, 2.05) is 48.1 Å². The second kappa shape index (κ2) is 8.28. The zero-order chi connectivity index (χ0) is 18.6. The second-order valence-electron chi connectivity index (χ2n) is 5.75. The monoisotopic (exact) mass is 414 g/mol. The number of imidazole rings is 1. The van der Waals surface area contributed by atoms with Crippen LogP contribution in [-0.2, 0) is 7.05 Å². The van der Waals surface area contributed by atoms with E-state index in [-0.39, 0.29) is 0 Å². The van der Waals surface area contributed by atoms with E-state index in [0.29, 0.717) is 0 Å². The van der Waals surface area contributed by atoms with Crippen molar-refractivity contribution in [2.45, 2.75) is 28.7 Å². The summed E-state index contributed by atoms with van der Waals surface area (Å²) in [6.45, 7) is 2.16. The standard InChI is InChI=1S/C18H18N6S3/c1-3-11-25-16-22-14-13(15(23-16)27-18-19-9-10-24(18)2)21-17(26-14)20-12-7-5-4-6-8-12/h4-10H,3,11H2,1-2H3,(H,20,21). The van der Waals surface area contributed by atoms with Crippen molar-refractivity contribution in [3.8, 4) is 0 Å². The summed E-state index contributed by atoms with van der Waals surface area (Å²) in [4.78, 5) is 19.5. The van der Waals surface area contributed by atoms with E-state index >= 15 is 0 Å². The molecule has 1 N–H and O–H groups in total. The first-order chi connectivity index (χ1) is 13.2. The van der Waals surface area contributed by atoms with Crippen molar-refractivity contribution >= 4 is 56.0 Å². The molecule has 3 aromatic heterocycles. The predicted molar refractivity (Wildman–Crippen MR) is 113 cm³/mol. The van der Waals surface area contributed by atoms with Crippen molar-refractivity contribution in [3.05, 3.63) is 42.7 Å². The third kappa shape index (κ3) is 4.26. The van der Waals surface area contributed by atoms with Crippen LogP contribution in [0.2, 0.25) is 0 Å². The number of nitrogens with one attached hydrogen (secondary N) is 1. The molecule has 0 spiro atoms. The Kier molecular flexibility index (Phi) is 5.61. The van der Waals surface area contributed by atoms with Gasteiger partial charge in [-0.2, -0.15) is 0 Å². The van der Waals surface area contributed by atoms with Crippen LogP contribution in [0.25, 0.3) is 10.3 Å². The summed E-state index contributed by atoms with van der Waals surface area (Å²) in [6.07, 6.45) is 4.80. The van der Waals surface area contributed by atoms with Crippen molar-refractivity contribution in [3.63, 3.8) is 0 Å². The van der Waals surface area contributed by atoms with Crippen LogP contribution >= 0.6 is 34.9 Å². The molecule has 4 rings (SSSR count). The largest absolute Gasteiger partial charge is 0.331 e. The Bertz CT molecular complexity index is 1040. The molecule has 0 fully saturated rings. The molecule has 0 atom stereocenters. The first-order valence-corrected chi connectivity index (χ1v) is 11.1. The maximum absolute atomic E-state index is 4.75. The molecule has 0 amide bonds. The molecule has 0 bridgehead atoms. The molecule has 1 aromatic carbocycles. The fraction of sp³-hybridized carbons (Fsp3) is 0.222. The van der Waals surface area contributed by atoms with Gasteiger partial charge in [-0.1, -0.05) is 48.2 Å². The maximum atomic E-state index is 4.75. The van der Waals surface area contributed by atoms with Crippen molar-refractivity contribution in [1.82, 2.24) is 24.5 Å². The SMILES string of the molecule is CCCSc1nc(Sc2nccn2C)c2nc(Nc3ccccc3)sc2n1. The van der Waals surface area contributed by atoms with Crippen LogP contribution in [0.4, 0.5) is 10.8 Å². The fourth-order valence-corrected chi connectivity index (χ4v) is 4.94. The molecule has 4 aromatic rings. The van der Waals surface area contributed by atoms with Gasteiger partial charge in [0.15, 0.2) is 20.3 Å². The molecule has 3 heterocycles. The fourth-order valence-electron chi connectivity index (χ4n) is 2.34. The van der Waals surface area contributed by atoms with Gasteiger partial charge in [0.2, 0.25) is 0 Å². The number of thiazole rings is 1. The molecule has 27 heavy (non-hydrogen) atoms. The van der Waals surface area contributed by atoms with Gasteiger partial charge in [0.05, 0.1) is 0 Å². The lowest BCUT2D eigenvalue weighted by atomic mass is 10.3. The van der Waals surface area contributed by atoms with Crippen molar-refractivity contribution in [2.24, 2.45) is 7.05 Å². The van der Waals surface area contributed by atoms with Gasteiger partial charge >= 0.3 is 0 Å². The van der Waals surface area contributed by atoms with E-state index < -0.39 is 0 Å². The highest BCUT2D eigenvalue weighted by molar-refractivity contribution is 7.99. The third-order valence-corrected chi connectivity index (χ3v) is 6.60. The van der Waals surface area contributed by atoms with Crippen LogP contribution in [0.1, 0.15) is 13.3 Å². The number of benzene rings is 1. The lowest BCUT2D eigenvalue weighted by Gasteiger charge is -2.04. The number of rotatable bonds is 7. The van der Waals surface area contributed by atoms with Crippen LogP contribution in [0, 0.1) is 0 Å². The Balaban J connectivity index is 1.72. The number of anilines is 2. The minimum Gasteiger partial charge on any atom is -0.331 e. The van der Waals surface area contributed by atoms with Crippen LogP contribution in [0.3, 0.4) is 0 Å². The maximum Gasteiger partial charge on any atom is 0.190 e. The minimum absolute atomic E-state index is 0.788. The zero-order valence-corrected chi connectivity index (χ0v) is 17.4. The number of fused-ring (bicyclic) bond motifs is 1. The summed E-state index contributed by atoms with van der Waals surface area (Å²) in [7, 11) is 1.98. The highest BCUT2D eigenvalue weighted by Gasteiger charge is 2.16. The number of hydrogen-bond donors (Lipinski definition) is 1. The summed E-state index contributed by atoms with van der Waals surface area (Å²) in [5.74, 6) is 0.992. The van der Waals surface area contributed by atoms with E-state index in [1.54, 1.807) is 29.3 Å². The average molecular weight is 415 g/mol. The average Bonchev–Trinajstić information content (AvgIpc) is 3.27. The highest BCUT2D eigenvalue weighted by Crippen LogP contribution is 2.36. The molecule has 9 heteroatoms. The molecule has 0 aliphatic carbocycles. The van der Waals surface area contributed by atoms with E-state index in [9.17, 15) is 0 Å². The summed E-state index contributed by atoms with van der Waals surface area (Å²) in [5.41, 5.74) is 1.82. The second-order valence-corrected chi connectivity index (χ2v) is 8.74.